The lowest BCUT2D eigenvalue weighted by atomic mass is 9.77. The lowest BCUT2D eigenvalue weighted by Crippen LogP contribution is -2.39. The normalized spacial score (nSPS) is 17.0. The molecule has 0 unspecified atom stereocenters. The van der Waals surface area contributed by atoms with Crippen LogP contribution in [0.2, 0.25) is 0 Å². The molecule has 0 saturated carbocycles. The van der Waals surface area contributed by atoms with E-state index >= 15 is 0 Å². The maximum absolute atomic E-state index is 14.1. The SMILES string of the molecule is CCC/C(CC1(C)CCOCC1)=N\OC(C)(C)C(=O)Nc1c(F)c(F)c(C(F)(F)F)c(F)c1F. The van der Waals surface area contributed by atoms with Crippen LogP contribution < -0.4 is 5.32 Å². The molecular formula is C22H27F7N2O3. The Balaban J connectivity index is 2.25. The molecular weight excluding hydrogens is 473 g/mol. The summed E-state index contributed by atoms with van der Waals surface area (Å²) in [5.41, 5.74) is -5.77. The first kappa shape index (κ1) is 27.9. The van der Waals surface area contributed by atoms with Gasteiger partial charge in [-0.25, -0.2) is 17.6 Å². The van der Waals surface area contributed by atoms with E-state index in [1.54, 1.807) is 5.32 Å². The Morgan fingerprint density at radius 1 is 1.06 bits per heavy atom. The molecule has 1 saturated heterocycles. The summed E-state index contributed by atoms with van der Waals surface area (Å²) in [4.78, 5) is 17.9. The van der Waals surface area contributed by atoms with Gasteiger partial charge < -0.3 is 14.9 Å². The molecule has 0 aliphatic carbocycles. The fourth-order valence-electron chi connectivity index (χ4n) is 3.46. The summed E-state index contributed by atoms with van der Waals surface area (Å²) in [6.07, 6.45) is -2.27. The van der Waals surface area contributed by atoms with Gasteiger partial charge in [0.1, 0.15) is 11.3 Å². The van der Waals surface area contributed by atoms with Crippen LogP contribution in [0.4, 0.5) is 36.4 Å². The smallest absolute Gasteiger partial charge is 0.381 e. The number of oxime groups is 1. The fourth-order valence-corrected chi connectivity index (χ4v) is 3.46. The first-order valence-electron chi connectivity index (χ1n) is 10.7. The third-order valence-electron chi connectivity index (χ3n) is 5.60. The number of alkyl halides is 3. The van der Waals surface area contributed by atoms with E-state index in [2.05, 4.69) is 12.1 Å². The van der Waals surface area contributed by atoms with E-state index in [0.717, 1.165) is 19.3 Å². The molecule has 1 aromatic carbocycles. The molecule has 34 heavy (non-hydrogen) atoms. The minimum absolute atomic E-state index is 0.0937. The molecule has 192 valence electrons. The number of nitrogens with zero attached hydrogens (tertiary/aromatic N) is 1. The van der Waals surface area contributed by atoms with Gasteiger partial charge >= 0.3 is 6.18 Å². The Labute approximate surface area is 192 Å². The van der Waals surface area contributed by atoms with Gasteiger partial charge in [0.05, 0.1) is 5.71 Å². The molecule has 0 radical (unpaired) electrons. The third kappa shape index (κ3) is 6.39. The van der Waals surface area contributed by atoms with Crippen LogP contribution in [-0.2, 0) is 20.5 Å². The first-order valence-corrected chi connectivity index (χ1v) is 10.7. The molecule has 5 nitrogen and oxygen atoms in total. The van der Waals surface area contributed by atoms with Crippen molar-refractivity contribution in [2.24, 2.45) is 10.6 Å². The highest BCUT2D eigenvalue weighted by atomic mass is 19.4. The Bertz CT molecular complexity index is 910. The average Bonchev–Trinajstić information content (AvgIpc) is 2.73. The van der Waals surface area contributed by atoms with Crippen molar-refractivity contribution in [1.29, 1.82) is 0 Å². The lowest BCUT2D eigenvalue weighted by Gasteiger charge is -2.34. The van der Waals surface area contributed by atoms with Crippen LogP contribution in [0.1, 0.15) is 65.4 Å². The molecule has 1 N–H and O–H groups in total. The molecule has 1 heterocycles. The van der Waals surface area contributed by atoms with Crippen LogP contribution >= 0.6 is 0 Å². The Hall–Kier alpha value is -2.37. The van der Waals surface area contributed by atoms with Gasteiger partial charge in [0.25, 0.3) is 5.91 Å². The maximum Gasteiger partial charge on any atom is 0.422 e. The number of hydrogen-bond donors (Lipinski definition) is 1. The van der Waals surface area contributed by atoms with E-state index in [1.807, 2.05) is 6.92 Å². The van der Waals surface area contributed by atoms with Gasteiger partial charge in [-0.05, 0) is 44.9 Å². The Morgan fingerprint density at radius 3 is 2.06 bits per heavy atom. The van der Waals surface area contributed by atoms with Crippen molar-refractivity contribution < 1.29 is 45.1 Å². The van der Waals surface area contributed by atoms with Crippen LogP contribution in [0, 0.1) is 28.7 Å². The molecule has 1 amide bonds. The van der Waals surface area contributed by atoms with Gasteiger partial charge in [-0.2, -0.15) is 13.2 Å². The van der Waals surface area contributed by atoms with E-state index in [-0.39, 0.29) is 5.41 Å². The number of nitrogens with one attached hydrogen (secondary N) is 1. The van der Waals surface area contributed by atoms with Crippen LogP contribution in [-0.4, -0.2) is 30.4 Å². The summed E-state index contributed by atoms with van der Waals surface area (Å²) in [6, 6.07) is 0. The third-order valence-corrected chi connectivity index (χ3v) is 5.60. The number of rotatable bonds is 8. The lowest BCUT2D eigenvalue weighted by molar-refractivity contribution is -0.143. The van der Waals surface area contributed by atoms with Crippen molar-refractivity contribution in [3.63, 3.8) is 0 Å². The predicted molar refractivity (Wildman–Crippen MR) is 110 cm³/mol. The summed E-state index contributed by atoms with van der Waals surface area (Å²) < 4.78 is 99.5. The summed E-state index contributed by atoms with van der Waals surface area (Å²) in [7, 11) is 0. The van der Waals surface area contributed by atoms with Crippen molar-refractivity contribution in [2.45, 2.75) is 71.6 Å². The molecule has 1 fully saturated rings. The van der Waals surface area contributed by atoms with E-state index in [1.165, 1.54) is 13.8 Å². The summed E-state index contributed by atoms with van der Waals surface area (Å²) in [6.45, 7) is 7.54. The zero-order valence-corrected chi connectivity index (χ0v) is 19.3. The van der Waals surface area contributed by atoms with E-state index in [9.17, 15) is 35.5 Å². The molecule has 0 atom stereocenters. The van der Waals surface area contributed by atoms with Gasteiger partial charge in [0.2, 0.25) is 5.60 Å². The van der Waals surface area contributed by atoms with Crippen molar-refractivity contribution >= 4 is 17.3 Å². The number of carbonyl (C=O) groups excluding carboxylic acids is 1. The Morgan fingerprint density at radius 2 is 1.59 bits per heavy atom. The van der Waals surface area contributed by atoms with E-state index in [0.29, 0.717) is 31.8 Å². The predicted octanol–water partition coefficient (Wildman–Crippen LogP) is 6.36. The second kappa shape index (κ2) is 10.5. The zero-order valence-electron chi connectivity index (χ0n) is 19.3. The molecule has 0 aromatic heterocycles. The van der Waals surface area contributed by atoms with Gasteiger partial charge in [-0.1, -0.05) is 25.4 Å². The number of halogens is 7. The number of carbonyl (C=O) groups is 1. The minimum Gasteiger partial charge on any atom is -0.381 e. The number of benzene rings is 1. The number of anilines is 1. The average molecular weight is 500 g/mol. The first-order chi connectivity index (χ1) is 15.6. The monoisotopic (exact) mass is 500 g/mol. The van der Waals surface area contributed by atoms with E-state index < -0.39 is 52.2 Å². The fraction of sp³-hybridized carbons (Fsp3) is 0.636. The molecule has 0 bridgehead atoms. The van der Waals surface area contributed by atoms with Crippen LogP contribution in [0.3, 0.4) is 0 Å². The minimum atomic E-state index is -5.69. The second-order valence-corrected chi connectivity index (χ2v) is 9.07. The Kier molecular flexibility index (Phi) is 8.60. The van der Waals surface area contributed by atoms with Gasteiger partial charge in [0, 0.05) is 13.2 Å². The van der Waals surface area contributed by atoms with Crippen molar-refractivity contribution in [1.82, 2.24) is 0 Å². The molecule has 1 aliphatic rings. The molecule has 1 aliphatic heterocycles. The molecule has 1 aromatic rings. The van der Waals surface area contributed by atoms with Crippen LogP contribution in [0.15, 0.2) is 5.16 Å². The maximum atomic E-state index is 14.1. The number of ether oxygens (including phenoxy) is 1. The highest BCUT2D eigenvalue weighted by molar-refractivity contribution is 5.97. The topological polar surface area (TPSA) is 59.9 Å². The molecule has 12 heteroatoms. The zero-order chi connectivity index (χ0) is 25.9. The van der Waals surface area contributed by atoms with Gasteiger partial charge in [-0.3, -0.25) is 4.79 Å². The summed E-state index contributed by atoms with van der Waals surface area (Å²) in [5.74, 6) is -11.4. The summed E-state index contributed by atoms with van der Waals surface area (Å²) >= 11 is 0. The van der Waals surface area contributed by atoms with Crippen molar-refractivity contribution in [3.05, 3.63) is 28.8 Å². The molecule has 2 rings (SSSR count). The van der Waals surface area contributed by atoms with E-state index in [4.69, 9.17) is 9.57 Å². The van der Waals surface area contributed by atoms with Gasteiger partial charge in [-0.15, -0.1) is 0 Å². The highest BCUT2D eigenvalue weighted by Gasteiger charge is 2.43. The van der Waals surface area contributed by atoms with Crippen molar-refractivity contribution in [2.75, 3.05) is 18.5 Å². The summed E-state index contributed by atoms with van der Waals surface area (Å²) in [5, 5.41) is 5.62. The molecule has 0 spiro atoms. The van der Waals surface area contributed by atoms with Crippen LogP contribution in [0.25, 0.3) is 0 Å². The number of amides is 1. The number of hydrogen-bond acceptors (Lipinski definition) is 4. The van der Waals surface area contributed by atoms with Crippen molar-refractivity contribution in [3.8, 4) is 0 Å². The largest absolute Gasteiger partial charge is 0.422 e. The second-order valence-electron chi connectivity index (χ2n) is 9.07. The quantitative estimate of drug-likeness (QED) is 0.196. The highest BCUT2D eigenvalue weighted by Crippen LogP contribution is 2.39. The standard InChI is InChI=1S/C22H27F7N2O3/c1-5-6-12(11-21(4)7-9-33-10-8-21)31-34-20(2,3)19(32)30-18-16(25)14(23)13(22(27,28)29)15(24)17(18)26/h5-11H2,1-4H3,(H,30,32)/b31-12+. The van der Waals surface area contributed by atoms with Crippen LogP contribution in [0.5, 0.6) is 0 Å². The van der Waals surface area contributed by atoms with Gasteiger partial charge in [0.15, 0.2) is 23.3 Å².